The smallest absolute Gasteiger partial charge is 0.255 e. The van der Waals surface area contributed by atoms with Gasteiger partial charge in [0.1, 0.15) is 11.8 Å². The van der Waals surface area contributed by atoms with Gasteiger partial charge in [-0.1, -0.05) is 13.8 Å². The van der Waals surface area contributed by atoms with Gasteiger partial charge in [-0.2, -0.15) is 10.1 Å². The molecule has 0 unspecified atom stereocenters. The van der Waals surface area contributed by atoms with Crippen LogP contribution in [0.3, 0.4) is 0 Å². The highest BCUT2D eigenvalue weighted by Crippen LogP contribution is 2.16. The lowest BCUT2D eigenvalue weighted by atomic mass is 10.2. The number of fused-ring (bicyclic) bond motifs is 1. The molecule has 3 aromatic rings. The van der Waals surface area contributed by atoms with Crippen LogP contribution in [0.2, 0.25) is 0 Å². The number of amides is 1. The molecule has 1 fully saturated rings. The van der Waals surface area contributed by atoms with Crippen molar-refractivity contribution < 1.29 is 4.79 Å². The van der Waals surface area contributed by atoms with E-state index in [0.29, 0.717) is 24.6 Å². The number of aromatic amines is 1. The summed E-state index contributed by atoms with van der Waals surface area (Å²) in [5.41, 5.74) is 2.17. The van der Waals surface area contributed by atoms with Crippen LogP contribution in [-0.2, 0) is 6.54 Å². The van der Waals surface area contributed by atoms with E-state index in [1.807, 2.05) is 15.5 Å². The molecule has 26 heavy (non-hydrogen) atoms. The molecule has 1 saturated heterocycles. The Bertz CT molecular complexity index is 893. The Morgan fingerprint density at radius 1 is 1.19 bits per heavy atom. The van der Waals surface area contributed by atoms with Gasteiger partial charge in [0.15, 0.2) is 5.65 Å². The number of carbonyl (C=O) groups is 1. The van der Waals surface area contributed by atoms with Gasteiger partial charge in [-0.25, -0.2) is 15.1 Å². The third-order valence-electron chi connectivity index (χ3n) is 4.53. The largest absolute Gasteiger partial charge is 0.338 e. The molecular weight excluding hydrogens is 332 g/mol. The summed E-state index contributed by atoms with van der Waals surface area (Å²) in [7, 11) is 0. The first-order chi connectivity index (χ1) is 12.6. The van der Waals surface area contributed by atoms with Crippen LogP contribution in [0.1, 0.15) is 24.2 Å². The van der Waals surface area contributed by atoms with Gasteiger partial charge in [0.2, 0.25) is 5.95 Å². The molecule has 1 aliphatic rings. The van der Waals surface area contributed by atoms with Gasteiger partial charge in [0, 0.05) is 38.9 Å². The third kappa shape index (κ3) is 3.12. The summed E-state index contributed by atoms with van der Waals surface area (Å²) in [6.07, 6.45) is 4.94. The standard InChI is InChI=1S/C17H22N8O/c1-12(2)9-25-11-20-14-7-13(8-18-15(14)25)16(26)23-3-5-24(6-4-23)17-19-10-21-22-17/h7-8,10-12H,3-6,9H2,1-2H3,(H,19,21,22). The number of imidazole rings is 1. The predicted octanol–water partition coefficient (Wildman–Crippen LogP) is 1.17. The number of piperazine rings is 1. The highest BCUT2D eigenvalue weighted by Gasteiger charge is 2.24. The summed E-state index contributed by atoms with van der Waals surface area (Å²) in [6, 6.07) is 1.84. The predicted molar refractivity (Wildman–Crippen MR) is 96.9 cm³/mol. The minimum atomic E-state index is -0.00460. The molecule has 9 heteroatoms. The van der Waals surface area contributed by atoms with Crippen LogP contribution < -0.4 is 4.90 Å². The maximum atomic E-state index is 12.8. The number of pyridine rings is 1. The minimum Gasteiger partial charge on any atom is -0.338 e. The molecule has 0 bridgehead atoms. The van der Waals surface area contributed by atoms with Crippen molar-refractivity contribution in [1.82, 2.24) is 34.6 Å². The van der Waals surface area contributed by atoms with Gasteiger partial charge in [0.05, 0.1) is 11.9 Å². The lowest BCUT2D eigenvalue weighted by Crippen LogP contribution is -2.49. The maximum absolute atomic E-state index is 12.8. The minimum absolute atomic E-state index is 0.00460. The van der Waals surface area contributed by atoms with Crippen molar-refractivity contribution in [3.8, 4) is 0 Å². The van der Waals surface area contributed by atoms with Gasteiger partial charge < -0.3 is 14.4 Å². The van der Waals surface area contributed by atoms with E-state index in [4.69, 9.17) is 0 Å². The van der Waals surface area contributed by atoms with Gasteiger partial charge in [0.25, 0.3) is 5.91 Å². The summed E-state index contributed by atoms with van der Waals surface area (Å²) in [5, 5.41) is 6.73. The number of aromatic nitrogens is 6. The Balaban J connectivity index is 1.46. The van der Waals surface area contributed by atoms with E-state index in [1.54, 1.807) is 12.5 Å². The molecule has 0 spiro atoms. The van der Waals surface area contributed by atoms with E-state index < -0.39 is 0 Å². The highest BCUT2D eigenvalue weighted by molar-refractivity contribution is 5.96. The Labute approximate surface area is 151 Å². The van der Waals surface area contributed by atoms with Crippen LogP contribution in [0.5, 0.6) is 0 Å². The first-order valence-electron chi connectivity index (χ1n) is 8.82. The van der Waals surface area contributed by atoms with Crippen LogP contribution in [0.25, 0.3) is 11.2 Å². The second kappa shape index (κ2) is 6.74. The van der Waals surface area contributed by atoms with E-state index in [9.17, 15) is 4.79 Å². The van der Waals surface area contributed by atoms with E-state index >= 15 is 0 Å². The first kappa shape index (κ1) is 16.5. The average Bonchev–Trinajstić information content (AvgIpc) is 3.31. The van der Waals surface area contributed by atoms with Crippen LogP contribution in [0.4, 0.5) is 5.95 Å². The summed E-state index contributed by atoms with van der Waals surface area (Å²) < 4.78 is 2.03. The molecule has 1 N–H and O–H groups in total. The normalized spacial score (nSPS) is 15.2. The second-order valence-electron chi connectivity index (χ2n) is 6.95. The van der Waals surface area contributed by atoms with Crippen LogP contribution in [-0.4, -0.2) is 66.7 Å². The fourth-order valence-corrected chi connectivity index (χ4v) is 3.25. The summed E-state index contributed by atoms with van der Waals surface area (Å²) in [5.74, 6) is 1.25. The van der Waals surface area contributed by atoms with E-state index in [2.05, 4.69) is 43.9 Å². The van der Waals surface area contributed by atoms with Crippen molar-refractivity contribution >= 4 is 23.0 Å². The van der Waals surface area contributed by atoms with E-state index in [-0.39, 0.29) is 5.91 Å². The Morgan fingerprint density at radius 2 is 2.00 bits per heavy atom. The molecular formula is C17H22N8O. The van der Waals surface area contributed by atoms with Crippen molar-refractivity contribution in [2.24, 2.45) is 5.92 Å². The Hall–Kier alpha value is -2.97. The lowest BCUT2D eigenvalue weighted by molar-refractivity contribution is 0.0746. The quantitative estimate of drug-likeness (QED) is 0.755. The molecule has 0 aliphatic carbocycles. The molecule has 0 saturated carbocycles. The fraction of sp³-hybridized carbons (Fsp3) is 0.471. The first-order valence-corrected chi connectivity index (χ1v) is 8.82. The molecule has 4 heterocycles. The van der Waals surface area contributed by atoms with Crippen molar-refractivity contribution in [1.29, 1.82) is 0 Å². The number of anilines is 1. The van der Waals surface area contributed by atoms with E-state index in [1.165, 1.54) is 6.33 Å². The topological polar surface area (TPSA) is 95.8 Å². The molecule has 3 aromatic heterocycles. The van der Waals surface area contributed by atoms with Crippen molar-refractivity contribution in [3.63, 3.8) is 0 Å². The summed E-state index contributed by atoms with van der Waals surface area (Å²) >= 11 is 0. The highest BCUT2D eigenvalue weighted by atomic mass is 16.2. The van der Waals surface area contributed by atoms with Crippen molar-refractivity contribution in [3.05, 3.63) is 30.5 Å². The monoisotopic (exact) mass is 354 g/mol. The fourth-order valence-electron chi connectivity index (χ4n) is 3.25. The molecule has 136 valence electrons. The van der Waals surface area contributed by atoms with Gasteiger partial charge in [-0.3, -0.25) is 4.79 Å². The molecule has 1 amide bonds. The van der Waals surface area contributed by atoms with Gasteiger partial charge in [-0.05, 0) is 12.0 Å². The zero-order valence-electron chi connectivity index (χ0n) is 15.0. The Kier molecular flexibility index (Phi) is 4.27. The number of hydrogen-bond donors (Lipinski definition) is 1. The average molecular weight is 354 g/mol. The number of rotatable bonds is 4. The lowest BCUT2D eigenvalue weighted by Gasteiger charge is -2.34. The number of hydrogen-bond acceptors (Lipinski definition) is 6. The number of nitrogens with one attached hydrogen (secondary N) is 1. The van der Waals surface area contributed by atoms with Crippen LogP contribution in [0, 0.1) is 5.92 Å². The number of nitrogens with zero attached hydrogens (tertiary/aromatic N) is 7. The second-order valence-corrected chi connectivity index (χ2v) is 6.95. The molecule has 4 rings (SSSR count). The Morgan fingerprint density at radius 3 is 2.69 bits per heavy atom. The molecule has 0 radical (unpaired) electrons. The summed E-state index contributed by atoms with van der Waals surface area (Å²) in [6.45, 7) is 7.89. The molecule has 9 nitrogen and oxygen atoms in total. The van der Waals surface area contributed by atoms with Gasteiger partial charge in [-0.15, -0.1) is 0 Å². The molecule has 0 atom stereocenters. The molecule has 0 aromatic carbocycles. The molecule has 1 aliphatic heterocycles. The number of H-pyrrole nitrogens is 1. The number of carbonyl (C=O) groups excluding carboxylic acids is 1. The van der Waals surface area contributed by atoms with Crippen LogP contribution in [0.15, 0.2) is 24.9 Å². The van der Waals surface area contributed by atoms with E-state index in [0.717, 1.165) is 36.7 Å². The SMILES string of the molecule is CC(C)Cn1cnc2cc(C(=O)N3CCN(c4ncn[nH]4)CC3)cnc21. The van der Waals surface area contributed by atoms with Crippen LogP contribution >= 0.6 is 0 Å². The van der Waals surface area contributed by atoms with Crippen molar-refractivity contribution in [2.75, 3.05) is 31.1 Å². The third-order valence-corrected chi connectivity index (χ3v) is 4.53. The van der Waals surface area contributed by atoms with Crippen molar-refractivity contribution in [2.45, 2.75) is 20.4 Å². The zero-order chi connectivity index (χ0) is 18.1. The summed E-state index contributed by atoms with van der Waals surface area (Å²) in [4.78, 5) is 29.8. The van der Waals surface area contributed by atoms with Gasteiger partial charge >= 0.3 is 0 Å². The zero-order valence-corrected chi connectivity index (χ0v) is 15.0. The maximum Gasteiger partial charge on any atom is 0.255 e.